The molecular formula is C6H4F6N2. The normalized spacial score (nSPS) is 13.4. The van der Waals surface area contributed by atoms with Crippen molar-refractivity contribution < 1.29 is 26.3 Å². The van der Waals surface area contributed by atoms with Crippen LogP contribution in [0.4, 0.5) is 26.3 Å². The van der Waals surface area contributed by atoms with E-state index in [0.717, 1.165) is 7.05 Å². The molecule has 14 heavy (non-hydrogen) atoms. The fourth-order valence-corrected chi connectivity index (χ4v) is 0.905. The summed E-state index contributed by atoms with van der Waals surface area (Å²) in [5.41, 5.74) is -3.68. The second-order valence-electron chi connectivity index (χ2n) is 2.56. The van der Waals surface area contributed by atoms with Crippen LogP contribution in [0.1, 0.15) is 11.3 Å². The Morgan fingerprint density at radius 1 is 1.07 bits per heavy atom. The molecular weight excluding hydrogens is 214 g/mol. The van der Waals surface area contributed by atoms with Crippen LogP contribution in [0, 0.1) is 0 Å². The van der Waals surface area contributed by atoms with Gasteiger partial charge in [0.15, 0.2) is 5.69 Å². The van der Waals surface area contributed by atoms with Crippen molar-refractivity contribution in [2.75, 3.05) is 0 Å². The highest BCUT2D eigenvalue weighted by molar-refractivity contribution is 5.23. The van der Waals surface area contributed by atoms with E-state index in [1.807, 2.05) is 0 Å². The van der Waals surface area contributed by atoms with E-state index in [1.54, 1.807) is 0 Å². The summed E-state index contributed by atoms with van der Waals surface area (Å²) in [6, 6.07) is 0. The summed E-state index contributed by atoms with van der Waals surface area (Å²) in [6.07, 6.45) is -9.84. The van der Waals surface area contributed by atoms with E-state index in [4.69, 9.17) is 0 Å². The van der Waals surface area contributed by atoms with Crippen LogP contribution >= 0.6 is 0 Å². The lowest BCUT2D eigenvalue weighted by Gasteiger charge is -2.08. The molecule has 0 fully saturated rings. The molecule has 0 amide bonds. The van der Waals surface area contributed by atoms with E-state index in [9.17, 15) is 26.3 Å². The maximum atomic E-state index is 12.0. The van der Waals surface area contributed by atoms with Crippen LogP contribution in [0.5, 0.6) is 0 Å². The molecule has 1 aromatic rings. The van der Waals surface area contributed by atoms with Gasteiger partial charge in [0.2, 0.25) is 0 Å². The molecule has 1 heterocycles. The minimum Gasteiger partial charge on any atom is -0.275 e. The Hall–Kier alpha value is -1.21. The number of aromatic nitrogens is 2. The summed E-state index contributed by atoms with van der Waals surface area (Å²) < 4.78 is 72.6. The molecule has 0 unspecified atom stereocenters. The quantitative estimate of drug-likeness (QED) is 0.611. The van der Waals surface area contributed by atoms with Gasteiger partial charge in [-0.25, -0.2) is 0 Å². The van der Waals surface area contributed by atoms with Crippen LogP contribution in [-0.4, -0.2) is 9.78 Å². The molecule has 1 rings (SSSR count). The second kappa shape index (κ2) is 2.89. The minimum atomic E-state index is -5.09. The lowest BCUT2D eigenvalue weighted by Crippen LogP contribution is -2.15. The van der Waals surface area contributed by atoms with Crippen LogP contribution in [-0.2, 0) is 19.4 Å². The summed E-state index contributed by atoms with van der Waals surface area (Å²) in [4.78, 5) is 0. The molecule has 0 aliphatic carbocycles. The zero-order valence-electron chi connectivity index (χ0n) is 6.74. The Labute approximate surface area is 74.1 Å². The van der Waals surface area contributed by atoms with E-state index in [1.165, 1.54) is 0 Å². The van der Waals surface area contributed by atoms with Crippen molar-refractivity contribution in [2.24, 2.45) is 7.05 Å². The first-order chi connectivity index (χ1) is 6.12. The first-order valence-corrected chi connectivity index (χ1v) is 3.30. The van der Waals surface area contributed by atoms with Crippen molar-refractivity contribution in [3.63, 3.8) is 0 Å². The monoisotopic (exact) mass is 218 g/mol. The lowest BCUT2D eigenvalue weighted by molar-refractivity contribution is -0.163. The Morgan fingerprint density at radius 2 is 1.57 bits per heavy atom. The Morgan fingerprint density at radius 3 is 1.86 bits per heavy atom. The van der Waals surface area contributed by atoms with Crippen LogP contribution in [0.2, 0.25) is 0 Å². The summed E-state index contributed by atoms with van der Waals surface area (Å²) in [7, 11) is 0.991. The predicted octanol–water partition coefficient (Wildman–Crippen LogP) is 2.46. The highest BCUT2D eigenvalue weighted by Gasteiger charge is 2.46. The van der Waals surface area contributed by atoms with Gasteiger partial charge in [0.25, 0.3) is 0 Å². The van der Waals surface area contributed by atoms with Crippen molar-refractivity contribution >= 4 is 0 Å². The molecule has 1 aromatic heterocycles. The summed E-state index contributed by atoms with van der Waals surface area (Å²) >= 11 is 0. The molecule has 0 aliphatic heterocycles. The van der Waals surface area contributed by atoms with Crippen molar-refractivity contribution in [3.05, 3.63) is 17.5 Å². The fourth-order valence-electron chi connectivity index (χ4n) is 0.905. The Balaban J connectivity index is 3.31. The maximum absolute atomic E-state index is 12.0. The third-order valence-corrected chi connectivity index (χ3v) is 1.40. The Kier molecular flexibility index (Phi) is 2.24. The van der Waals surface area contributed by atoms with Crippen LogP contribution < -0.4 is 0 Å². The third kappa shape index (κ3) is 1.99. The van der Waals surface area contributed by atoms with Gasteiger partial charge in [-0.3, -0.25) is 4.68 Å². The summed E-state index contributed by atoms with van der Waals surface area (Å²) in [5, 5.41) is 2.72. The maximum Gasteiger partial charge on any atom is 0.435 e. The van der Waals surface area contributed by atoms with Crippen molar-refractivity contribution in [1.82, 2.24) is 9.78 Å². The molecule has 0 saturated carbocycles. The number of aryl methyl sites for hydroxylation is 1. The molecule has 0 aromatic carbocycles. The third-order valence-electron chi connectivity index (χ3n) is 1.40. The van der Waals surface area contributed by atoms with Crippen LogP contribution in [0.25, 0.3) is 0 Å². The van der Waals surface area contributed by atoms with Gasteiger partial charge in [-0.15, -0.1) is 0 Å². The van der Waals surface area contributed by atoms with E-state index < -0.39 is 23.6 Å². The standard InChI is InChI=1S/C6H4F6N2/c1-14-2-3(5(7,8)9)4(13-14)6(10,11)12/h2H,1H3. The molecule has 80 valence electrons. The van der Waals surface area contributed by atoms with E-state index in [0.29, 0.717) is 10.9 Å². The second-order valence-corrected chi connectivity index (χ2v) is 2.56. The van der Waals surface area contributed by atoms with E-state index in [2.05, 4.69) is 5.10 Å². The number of halogens is 6. The number of hydrogen-bond donors (Lipinski definition) is 0. The van der Waals surface area contributed by atoms with E-state index >= 15 is 0 Å². The topological polar surface area (TPSA) is 17.8 Å². The fraction of sp³-hybridized carbons (Fsp3) is 0.500. The number of alkyl halides is 6. The number of rotatable bonds is 0. The highest BCUT2D eigenvalue weighted by atomic mass is 19.4. The largest absolute Gasteiger partial charge is 0.435 e. The highest BCUT2D eigenvalue weighted by Crippen LogP contribution is 2.38. The average molecular weight is 218 g/mol. The molecule has 0 aliphatic rings. The molecule has 0 bridgehead atoms. The zero-order valence-corrected chi connectivity index (χ0v) is 6.74. The first kappa shape index (κ1) is 10.9. The van der Waals surface area contributed by atoms with Gasteiger partial charge in [-0.2, -0.15) is 31.4 Å². The van der Waals surface area contributed by atoms with Gasteiger partial charge >= 0.3 is 12.4 Å². The molecule has 8 heteroatoms. The molecule has 0 spiro atoms. The molecule has 0 saturated heterocycles. The first-order valence-electron chi connectivity index (χ1n) is 3.30. The van der Waals surface area contributed by atoms with E-state index in [-0.39, 0.29) is 0 Å². The van der Waals surface area contributed by atoms with Crippen LogP contribution in [0.15, 0.2) is 6.20 Å². The van der Waals surface area contributed by atoms with Gasteiger partial charge < -0.3 is 0 Å². The molecule has 2 nitrogen and oxygen atoms in total. The molecule has 0 radical (unpaired) electrons. The number of nitrogens with zero attached hydrogens (tertiary/aromatic N) is 2. The molecule has 0 N–H and O–H groups in total. The van der Waals surface area contributed by atoms with Crippen molar-refractivity contribution in [2.45, 2.75) is 12.4 Å². The molecule has 0 atom stereocenters. The SMILES string of the molecule is Cn1cc(C(F)(F)F)c(C(F)(F)F)n1. The predicted molar refractivity (Wildman–Crippen MR) is 33.2 cm³/mol. The van der Waals surface area contributed by atoms with Gasteiger partial charge in [0.1, 0.15) is 5.56 Å². The van der Waals surface area contributed by atoms with Gasteiger partial charge in [0.05, 0.1) is 0 Å². The van der Waals surface area contributed by atoms with Crippen molar-refractivity contribution in [3.8, 4) is 0 Å². The van der Waals surface area contributed by atoms with Crippen LogP contribution in [0.3, 0.4) is 0 Å². The summed E-state index contributed by atoms with van der Waals surface area (Å²) in [5.74, 6) is 0. The Bertz CT molecular complexity index is 302. The van der Waals surface area contributed by atoms with Gasteiger partial charge in [0, 0.05) is 13.2 Å². The van der Waals surface area contributed by atoms with Crippen molar-refractivity contribution in [1.29, 1.82) is 0 Å². The number of hydrogen-bond acceptors (Lipinski definition) is 1. The van der Waals surface area contributed by atoms with Gasteiger partial charge in [-0.1, -0.05) is 0 Å². The zero-order chi connectivity index (χ0) is 11.1. The lowest BCUT2D eigenvalue weighted by atomic mass is 10.2. The summed E-state index contributed by atoms with van der Waals surface area (Å²) in [6.45, 7) is 0. The average Bonchev–Trinajstić information content (AvgIpc) is 2.27. The van der Waals surface area contributed by atoms with Gasteiger partial charge in [-0.05, 0) is 0 Å². The smallest absolute Gasteiger partial charge is 0.275 e. The minimum absolute atomic E-state index is 0.294.